The first-order valence-electron chi connectivity index (χ1n) is 10.2. The van der Waals surface area contributed by atoms with E-state index in [0.29, 0.717) is 35.0 Å². The fraction of sp³-hybridized carbons (Fsp3) is 0.261. The van der Waals surface area contributed by atoms with E-state index in [2.05, 4.69) is 25.6 Å². The van der Waals surface area contributed by atoms with Crippen molar-refractivity contribution >= 4 is 22.9 Å². The van der Waals surface area contributed by atoms with E-state index in [9.17, 15) is 14.6 Å². The van der Waals surface area contributed by atoms with E-state index >= 15 is 0 Å². The molecule has 0 aliphatic carbocycles. The van der Waals surface area contributed by atoms with Crippen LogP contribution in [0, 0.1) is 5.82 Å². The normalized spacial score (nSPS) is 11.6. The van der Waals surface area contributed by atoms with Gasteiger partial charge in [-0.15, -0.1) is 0 Å². The van der Waals surface area contributed by atoms with Crippen molar-refractivity contribution in [3.05, 3.63) is 71.8 Å². The Labute approximate surface area is 184 Å². The Morgan fingerprint density at radius 1 is 1.06 bits per heavy atom. The molecule has 8 nitrogen and oxygen atoms in total. The lowest BCUT2D eigenvalue weighted by Crippen LogP contribution is -2.30. The minimum absolute atomic E-state index is 0.0146. The second-order valence-corrected chi connectivity index (χ2v) is 8.22. The predicted octanol–water partition coefficient (Wildman–Crippen LogP) is 3.51. The van der Waals surface area contributed by atoms with Gasteiger partial charge in [0.25, 0.3) is 0 Å². The first kappa shape index (κ1) is 21.5. The maximum Gasteiger partial charge on any atom is 0.226 e. The molecule has 4 N–H and O–H groups in total. The van der Waals surface area contributed by atoms with Crippen LogP contribution >= 0.6 is 0 Å². The number of benzene rings is 2. The van der Waals surface area contributed by atoms with Crippen LogP contribution in [-0.4, -0.2) is 41.9 Å². The van der Waals surface area contributed by atoms with E-state index in [-0.39, 0.29) is 18.8 Å². The Balaban J connectivity index is 1.68. The van der Waals surface area contributed by atoms with Gasteiger partial charge in [-0.2, -0.15) is 9.97 Å². The largest absolute Gasteiger partial charge is 0.508 e. The molecule has 9 heteroatoms. The van der Waals surface area contributed by atoms with Crippen molar-refractivity contribution in [1.82, 2.24) is 19.5 Å². The molecule has 0 radical (unpaired) electrons. The summed E-state index contributed by atoms with van der Waals surface area (Å²) in [5.41, 5.74) is 1.68. The van der Waals surface area contributed by atoms with Crippen LogP contribution in [0.2, 0.25) is 0 Å². The van der Waals surface area contributed by atoms with E-state index in [1.807, 2.05) is 34.9 Å². The van der Waals surface area contributed by atoms with Crippen molar-refractivity contribution in [3.63, 3.8) is 0 Å². The first-order valence-corrected chi connectivity index (χ1v) is 10.2. The van der Waals surface area contributed by atoms with Crippen molar-refractivity contribution in [3.8, 4) is 5.75 Å². The predicted molar refractivity (Wildman–Crippen MR) is 121 cm³/mol. The van der Waals surface area contributed by atoms with Gasteiger partial charge in [-0.1, -0.05) is 30.3 Å². The Kier molecular flexibility index (Phi) is 5.91. The summed E-state index contributed by atoms with van der Waals surface area (Å²) < 4.78 is 15.5. The molecule has 0 unspecified atom stereocenters. The monoisotopic (exact) mass is 436 g/mol. The molecule has 0 atom stereocenters. The maximum atomic E-state index is 13.6. The van der Waals surface area contributed by atoms with E-state index in [0.717, 1.165) is 5.56 Å². The summed E-state index contributed by atoms with van der Waals surface area (Å²) in [4.78, 5) is 13.6. The van der Waals surface area contributed by atoms with Crippen LogP contribution in [0.5, 0.6) is 5.75 Å². The standard InChI is InChI=1S/C23H25FN6O2/c1-23(2,32)13-26-22-28-20(25-11-16-10-17(24)8-9-18(16)31)19-21(29-22)30(14-27-19)12-15-6-4-3-5-7-15/h3-10,14,31-32H,11-13H2,1-2H3,(H2,25,26,28,29). The van der Waals surface area contributed by atoms with Gasteiger partial charge in [0.1, 0.15) is 11.6 Å². The van der Waals surface area contributed by atoms with Crippen LogP contribution < -0.4 is 10.6 Å². The summed E-state index contributed by atoms with van der Waals surface area (Å²) in [5, 5.41) is 26.3. The summed E-state index contributed by atoms with van der Waals surface area (Å²) in [6.07, 6.45) is 1.69. The van der Waals surface area contributed by atoms with Gasteiger partial charge in [0.15, 0.2) is 17.0 Å². The number of fused-ring (bicyclic) bond motifs is 1. The maximum absolute atomic E-state index is 13.6. The van der Waals surface area contributed by atoms with E-state index in [1.165, 1.54) is 18.2 Å². The summed E-state index contributed by atoms with van der Waals surface area (Å²) in [7, 11) is 0. The van der Waals surface area contributed by atoms with Crippen molar-refractivity contribution in [2.24, 2.45) is 0 Å². The fourth-order valence-electron chi connectivity index (χ4n) is 3.21. The average Bonchev–Trinajstić information content (AvgIpc) is 3.16. The number of aromatic nitrogens is 4. The Bertz CT molecular complexity index is 1220. The molecule has 0 spiro atoms. The highest BCUT2D eigenvalue weighted by atomic mass is 19.1. The number of aromatic hydroxyl groups is 1. The molecule has 4 rings (SSSR count). The van der Waals surface area contributed by atoms with Gasteiger partial charge >= 0.3 is 0 Å². The van der Waals surface area contributed by atoms with Crippen LogP contribution in [0.15, 0.2) is 54.9 Å². The van der Waals surface area contributed by atoms with E-state index in [1.54, 1.807) is 20.2 Å². The molecule has 0 aliphatic heterocycles. The second kappa shape index (κ2) is 8.80. The molecule has 0 saturated carbocycles. The van der Waals surface area contributed by atoms with Gasteiger partial charge in [0.05, 0.1) is 18.5 Å². The molecule has 2 heterocycles. The molecule has 2 aromatic heterocycles. The smallest absolute Gasteiger partial charge is 0.226 e. The SMILES string of the molecule is CC(C)(O)CNc1nc(NCc2cc(F)ccc2O)c2ncn(Cc3ccccc3)c2n1. The number of hydrogen-bond acceptors (Lipinski definition) is 7. The number of nitrogens with one attached hydrogen (secondary N) is 2. The van der Waals surface area contributed by atoms with Gasteiger partial charge in [-0.3, -0.25) is 0 Å². The number of halogens is 1. The zero-order valence-electron chi connectivity index (χ0n) is 17.9. The summed E-state index contributed by atoms with van der Waals surface area (Å²) in [6.45, 7) is 4.33. The Morgan fingerprint density at radius 2 is 1.84 bits per heavy atom. The highest BCUT2D eigenvalue weighted by molar-refractivity contribution is 5.84. The van der Waals surface area contributed by atoms with E-state index in [4.69, 9.17) is 0 Å². The molecule has 4 aromatic rings. The van der Waals surface area contributed by atoms with Crippen LogP contribution in [-0.2, 0) is 13.1 Å². The number of phenols is 1. The zero-order valence-corrected chi connectivity index (χ0v) is 17.9. The highest BCUT2D eigenvalue weighted by Crippen LogP contribution is 2.24. The number of phenolic OH excluding ortho intramolecular Hbond substituents is 1. The van der Waals surface area contributed by atoms with Crippen LogP contribution in [0.4, 0.5) is 16.2 Å². The quantitative estimate of drug-likeness (QED) is 0.335. The molecule has 166 valence electrons. The number of rotatable bonds is 8. The molecule has 0 fully saturated rings. The zero-order chi connectivity index (χ0) is 22.7. The van der Waals surface area contributed by atoms with Crippen molar-refractivity contribution in [2.45, 2.75) is 32.5 Å². The summed E-state index contributed by atoms with van der Waals surface area (Å²) in [5.74, 6) is 0.301. The molecule has 2 aromatic carbocycles. The molecule has 0 saturated heterocycles. The van der Waals surface area contributed by atoms with Crippen molar-refractivity contribution < 1.29 is 14.6 Å². The van der Waals surface area contributed by atoms with Gasteiger partial charge in [-0.25, -0.2) is 9.37 Å². The van der Waals surface area contributed by atoms with Crippen molar-refractivity contribution in [1.29, 1.82) is 0 Å². The molecule has 0 aliphatic rings. The summed E-state index contributed by atoms with van der Waals surface area (Å²) >= 11 is 0. The lowest BCUT2D eigenvalue weighted by Gasteiger charge is -2.18. The summed E-state index contributed by atoms with van der Waals surface area (Å²) in [6, 6.07) is 13.7. The number of aliphatic hydroxyl groups is 1. The number of anilines is 2. The minimum Gasteiger partial charge on any atom is -0.508 e. The van der Waals surface area contributed by atoms with Gasteiger partial charge in [-0.05, 0) is 37.6 Å². The van der Waals surface area contributed by atoms with E-state index < -0.39 is 11.4 Å². The van der Waals surface area contributed by atoms with Crippen LogP contribution in [0.3, 0.4) is 0 Å². The Morgan fingerprint density at radius 3 is 2.59 bits per heavy atom. The van der Waals surface area contributed by atoms with Crippen LogP contribution in [0.25, 0.3) is 11.2 Å². The van der Waals surface area contributed by atoms with Crippen LogP contribution in [0.1, 0.15) is 25.0 Å². The molecule has 0 bridgehead atoms. The van der Waals surface area contributed by atoms with Gasteiger partial charge in [0.2, 0.25) is 5.95 Å². The lowest BCUT2D eigenvalue weighted by molar-refractivity contribution is 0.0943. The number of imidazole rings is 1. The number of hydrogen-bond donors (Lipinski definition) is 4. The number of nitrogens with zero attached hydrogens (tertiary/aromatic N) is 4. The fourth-order valence-corrected chi connectivity index (χ4v) is 3.21. The second-order valence-electron chi connectivity index (χ2n) is 8.22. The molecule has 0 amide bonds. The average molecular weight is 436 g/mol. The highest BCUT2D eigenvalue weighted by Gasteiger charge is 2.17. The van der Waals surface area contributed by atoms with Crippen molar-refractivity contribution in [2.75, 3.05) is 17.2 Å². The third kappa shape index (κ3) is 5.12. The van der Waals surface area contributed by atoms with Gasteiger partial charge < -0.3 is 25.4 Å². The first-order chi connectivity index (χ1) is 15.3. The third-order valence-corrected chi connectivity index (χ3v) is 4.83. The third-order valence-electron chi connectivity index (χ3n) is 4.83. The topological polar surface area (TPSA) is 108 Å². The lowest BCUT2D eigenvalue weighted by atomic mass is 10.1. The molecular weight excluding hydrogens is 411 g/mol. The molecular formula is C23H25FN6O2. The van der Waals surface area contributed by atoms with Gasteiger partial charge in [0, 0.05) is 18.7 Å². The molecule has 32 heavy (non-hydrogen) atoms. The Hall–Kier alpha value is -3.72. The minimum atomic E-state index is -0.955.